The molecule has 5 aliphatic heterocycles. The van der Waals surface area contributed by atoms with E-state index in [-0.39, 0.29) is 16.7 Å². The highest BCUT2D eigenvalue weighted by molar-refractivity contribution is 6.31. The van der Waals surface area contributed by atoms with Crippen molar-refractivity contribution in [3.8, 4) is 11.3 Å². The molecule has 3 atom stereocenters. The number of nitrogens with two attached hydrogens (primary N) is 2. The van der Waals surface area contributed by atoms with Crippen molar-refractivity contribution in [2.75, 3.05) is 37.6 Å². The second kappa shape index (κ2) is 12.3. The number of hydrogen-bond acceptors (Lipinski definition) is 8. The van der Waals surface area contributed by atoms with Crippen molar-refractivity contribution in [2.45, 2.75) is 82.8 Å². The number of nitrogens with zero attached hydrogens (tertiary/aromatic N) is 6. The zero-order valence-electron chi connectivity index (χ0n) is 26.0. The van der Waals surface area contributed by atoms with Crippen LogP contribution in [0.25, 0.3) is 22.2 Å². The largest absolute Gasteiger partial charge is 0.401 e. The number of hydrazine groups is 1. The van der Waals surface area contributed by atoms with Crippen molar-refractivity contribution in [3.05, 3.63) is 58.0 Å². The van der Waals surface area contributed by atoms with E-state index in [1.807, 2.05) is 25.3 Å². The van der Waals surface area contributed by atoms with Gasteiger partial charge in [0.2, 0.25) is 0 Å². The van der Waals surface area contributed by atoms with Gasteiger partial charge in [0.1, 0.15) is 29.0 Å². The van der Waals surface area contributed by atoms with Crippen LogP contribution >= 0.6 is 11.6 Å². The van der Waals surface area contributed by atoms with Crippen LogP contribution in [-0.4, -0.2) is 69.3 Å². The van der Waals surface area contributed by atoms with Crippen molar-refractivity contribution < 1.29 is 8.78 Å². The van der Waals surface area contributed by atoms with Gasteiger partial charge in [-0.05, 0) is 100 Å². The molecular weight excluding hydrogens is 594 g/mol. The fraction of sp³-hybridized carbons (Fsp3) is 0.559. The molecule has 3 unspecified atom stereocenters. The Balaban J connectivity index is 1.35. The Morgan fingerprint density at radius 3 is 2.84 bits per heavy atom. The van der Waals surface area contributed by atoms with Crippen LogP contribution in [0.2, 0.25) is 5.02 Å². The second-order valence-electron chi connectivity index (χ2n) is 13.7. The normalized spacial score (nSPS) is 27.1. The molecule has 8 nitrogen and oxygen atoms in total. The zero-order valence-corrected chi connectivity index (χ0v) is 26.8. The molecule has 3 aromatic rings. The molecule has 0 radical (unpaired) electrons. The number of halogens is 3. The van der Waals surface area contributed by atoms with E-state index in [0.717, 1.165) is 68.6 Å². The molecule has 3 fully saturated rings. The third-order valence-electron chi connectivity index (χ3n) is 10.4. The van der Waals surface area contributed by atoms with Crippen LogP contribution in [0.15, 0.2) is 30.2 Å². The smallest absolute Gasteiger partial charge is 0.175 e. The third-order valence-corrected chi connectivity index (χ3v) is 10.7. The highest BCUT2D eigenvalue weighted by Gasteiger charge is 2.48. The molecule has 3 saturated heterocycles. The third kappa shape index (κ3) is 5.97. The Morgan fingerprint density at radius 1 is 1.11 bits per heavy atom. The predicted molar refractivity (Wildman–Crippen MR) is 175 cm³/mol. The van der Waals surface area contributed by atoms with Crippen molar-refractivity contribution in [1.82, 2.24) is 24.9 Å². The summed E-state index contributed by atoms with van der Waals surface area (Å²) in [5.41, 5.74) is 10.0. The summed E-state index contributed by atoms with van der Waals surface area (Å²) in [4.78, 5) is 19.3. The first kappa shape index (κ1) is 30.6. The van der Waals surface area contributed by atoms with Crippen LogP contribution in [0.1, 0.15) is 68.3 Å². The van der Waals surface area contributed by atoms with Gasteiger partial charge in [0.05, 0.1) is 5.39 Å². The van der Waals surface area contributed by atoms with E-state index in [2.05, 4.69) is 9.80 Å². The number of anilines is 1. The number of aryl methyl sites for hydroxylation is 2. The topological polar surface area (TPSA) is 100 Å². The van der Waals surface area contributed by atoms with Gasteiger partial charge < -0.3 is 15.6 Å². The summed E-state index contributed by atoms with van der Waals surface area (Å²) in [6.07, 6.45) is 10.7. The second-order valence-corrected chi connectivity index (χ2v) is 14.1. The number of pyridine rings is 1. The minimum absolute atomic E-state index is 0.156. The van der Waals surface area contributed by atoms with Crippen LogP contribution in [0.5, 0.6) is 0 Å². The minimum Gasteiger partial charge on any atom is -0.401 e. The summed E-state index contributed by atoms with van der Waals surface area (Å²) in [5.74, 6) is 7.47. The highest BCUT2D eigenvalue weighted by Crippen LogP contribution is 2.43. The van der Waals surface area contributed by atoms with E-state index < -0.39 is 12.0 Å². The Hall–Kier alpha value is -3.08. The van der Waals surface area contributed by atoms with Gasteiger partial charge in [-0.25, -0.2) is 24.6 Å². The Kier molecular flexibility index (Phi) is 8.33. The van der Waals surface area contributed by atoms with Gasteiger partial charge in [-0.1, -0.05) is 11.6 Å². The average molecular weight is 637 g/mol. The molecule has 0 spiro atoms. The summed E-state index contributed by atoms with van der Waals surface area (Å²) < 4.78 is 31.4. The summed E-state index contributed by atoms with van der Waals surface area (Å²) in [5, 5.41) is 2.82. The minimum atomic E-state index is -0.797. The maximum absolute atomic E-state index is 16.9. The van der Waals surface area contributed by atoms with Crippen LogP contribution in [-0.2, 0) is 12.8 Å². The summed E-state index contributed by atoms with van der Waals surface area (Å²) >= 11 is 6.79. The maximum Gasteiger partial charge on any atom is 0.175 e. The number of aromatic nitrogens is 3. The Morgan fingerprint density at radius 2 is 1.98 bits per heavy atom. The van der Waals surface area contributed by atoms with E-state index in [4.69, 9.17) is 38.1 Å². The molecule has 2 aromatic heterocycles. The van der Waals surface area contributed by atoms with Gasteiger partial charge >= 0.3 is 0 Å². The van der Waals surface area contributed by atoms with E-state index in [9.17, 15) is 4.39 Å². The van der Waals surface area contributed by atoms with E-state index in [0.29, 0.717) is 78.7 Å². The van der Waals surface area contributed by atoms with Gasteiger partial charge in [0.25, 0.3) is 0 Å². The summed E-state index contributed by atoms with van der Waals surface area (Å²) in [6.45, 7) is 5.51. The lowest BCUT2D eigenvalue weighted by Gasteiger charge is -2.35. The standard InChI is InChI=1S/C34H43ClF2N8/c1-21-13-26-25(28(35)14-21)6-3-12-45(39)20-24(38)15-22-5-2-10-43(18-22)33-27-17-40-31(26)30(37)32(27)41-29(42-33)7-9-34-8-4-11-44(34)19-23(36)16-34/h13-14,17,20,22-23H,2-12,15-16,18-19,38-39H2,1H3/b24-20-. The maximum atomic E-state index is 16.9. The van der Waals surface area contributed by atoms with Gasteiger partial charge in [-0.3, -0.25) is 9.88 Å². The Labute approximate surface area is 268 Å². The fourth-order valence-corrected chi connectivity index (χ4v) is 8.72. The lowest BCUT2D eigenvalue weighted by atomic mass is 9.88. The van der Waals surface area contributed by atoms with Crippen LogP contribution in [0.3, 0.4) is 0 Å². The molecule has 6 bridgehead atoms. The first-order chi connectivity index (χ1) is 21.7. The SMILES string of the molecule is Cc1cc(Cl)c2c(c1)-c1ncc3c(nc(CCC45CCCN4CC(F)C5)nc3c1F)N1CCCC(C/C(N)=C/N(N)CCC2)C1. The first-order valence-corrected chi connectivity index (χ1v) is 16.8. The Bertz CT molecular complexity index is 1630. The van der Waals surface area contributed by atoms with Gasteiger partial charge in [0.15, 0.2) is 5.82 Å². The van der Waals surface area contributed by atoms with Crippen molar-refractivity contribution in [3.63, 3.8) is 0 Å². The number of alkyl halides is 1. The number of hydrogen-bond donors (Lipinski definition) is 2. The van der Waals surface area contributed by atoms with Crippen LogP contribution in [0, 0.1) is 18.7 Å². The summed E-state index contributed by atoms with van der Waals surface area (Å²) in [7, 11) is 0. The molecule has 1 aromatic carbocycles. The number of benzene rings is 1. The van der Waals surface area contributed by atoms with E-state index in [1.165, 1.54) is 0 Å². The number of allylic oxidation sites excluding steroid dienone is 1. The average Bonchev–Trinajstić information content (AvgIpc) is 3.52. The molecular formula is C34H43ClF2N8. The van der Waals surface area contributed by atoms with Crippen LogP contribution in [0.4, 0.5) is 14.6 Å². The summed E-state index contributed by atoms with van der Waals surface area (Å²) in [6, 6.07) is 3.85. The van der Waals surface area contributed by atoms with Crippen LogP contribution < -0.4 is 16.5 Å². The van der Waals surface area contributed by atoms with Gasteiger partial charge in [0, 0.05) is 66.8 Å². The van der Waals surface area contributed by atoms with Crippen molar-refractivity contribution in [1.29, 1.82) is 0 Å². The lowest BCUT2D eigenvalue weighted by molar-refractivity contribution is 0.181. The highest BCUT2D eigenvalue weighted by atomic mass is 35.5. The van der Waals surface area contributed by atoms with E-state index >= 15 is 4.39 Å². The molecule has 11 heteroatoms. The molecule has 45 heavy (non-hydrogen) atoms. The van der Waals surface area contributed by atoms with Crippen molar-refractivity contribution in [2.24, 2.45) is 17.5 Å². The number of fused-ring (bicyclic) bond motifs is 7. The first-order valence-electron chi connectivity index (χ1n) is 16.5. The molecule has 4 N–H and O–H groups in total. The molecule has 0 saturated carbocycles. The quantitative estimate of drug-likeness (QED) is 0.347. The predicted octanol–water partition coefficient (Wildman–Crippen LogP) is 5.83. The van der Waals surface area contributed by atoms with Gasteiger partial charge in [-0.2, -0.15) is 0 Å². The molecule has 8 rings (SSSR count). The van der Waals surface area contributed by atoms with E-state index in [1.54, 1.807) is 11.2 Å². The van der Waals surface area contributed by atoms with Gasteiger partial charge in [-0.15, -0.1) is 0 Å². The monoisotopic (exact) mass is 636 g/mol. The zero-order chi connectivity index (χ0) is 31.3. The molecule has 240 valence electrons. The number of rotatable bonds is 3. The lowest BCUT2D eigenvalue weighted by Crippen LogP contribution is -2.39. The molecule has 7 heterocycles. The molecule has 0 aliphatic carbocycles. The van der Waals surface area contributed by atoms with Crippen molar-refractivity contribution >= 4 is 28.3 Å². The number of piperidine rings is 1. The molecule has 0 amide bonds. The molecule has 5 aliphatic rings. The fourth-order valence-electron chi connectivity index (χ4n) is 8.35.